The van der Waals surface area contributed by atoms with Crippen LogP contribution in [0.2, 0.25) is 0 Å². The molecule has 0 bridgehead atoms. The molecule has 1 fully saturated rings. The van der Waals surface area contributed by atoms with Crippen LogP contribution < -0.4 is 10.1 Å². The first kappa shape index (κ1) is 20.4. The molecule has 2 N–H and O–H groups in total. The van der Waals surface area contributed by atoms with Crippen molar-refractivity contribution in [2.75, 3.05) is 19.7 Å². The van der Waals surface area contributed by atoms with Crippen molar-refractivity contribution < 1.29 is 14.6 Å². The highest BCUT2D eigenvalue weighted by atomic mass is 16.5. The molecule has 2 aliphatic rings. The smallest absolute Gasteiger partial charge is 0.219 e. The van der Waals surface area contributed by atoms with E-state index in [4.69, 9.17) is 9.73 Å². The molecule has 158 valence electrons. The predicted octanol–water partition coefficient (Wildman–Crippen LogP) is 3.65. The second-order valence-electron chi connectivity index (χ2n) is 8.01. The van der Waals surface area contributed by atoms with Gasteiger partial charge in [0.1, 0.15) is 17.2 Å². The number of hydrogen-bond donors (Lipinski definition) is 2. The highest BCUT2D eigenvalue weighted by molar-refractivity contribution is 6.02. The minimum atomic E-state index is -0.439. The Balaban J connectivity index is 1.67. The maximum absolute atomic E-state index is 11.8. The Bertz CT molecular complexity index is 931. The van der Waals surface area contributed by atoms with Gasteiger partial charge in [-0.1, -0.05) is 18.2 Å². The minimum Gasteiger partial charge on any atom is -0.508 e. The van der Waals surface area contributed by atoms with Gasteiger partial charge in [-0.3, -0.25) is 15.1 Å². The summed E-state index contributed by atoms with van der Waals surface area (Å²) in [7, 11) is 0. The molecule has 0 saturated carbocycles. The van der Waals surface area contributed by atoms with Crippen LogP contribution >= 0.6 is 0 Å². The van der Waals surface area contributed by atoms with Crippen molar-refractivity contribution in [2.24, 2.45) is 4.99 Å². The van der Waals surface area contributed by atoms with Crippen LogP contribution in [0.1, 0.15) is 50.3 Å². The molecule has 1 atom stereocenters. The lowest BCUT2D eigenvalue weighted by atomic mass is 9.87. The zero-order valence-electron chi connectivity index (χ0n) is 17.6. The molecule has 1 saturated heterocycles. The second kappa shape index (κ2) is 8.48. The van der Waals surface area contributed by atoms with E-state index in [1.165, 1.54) is 0 Å². The summed E-state index contributed by atoms with van der Waals surface area (Å²) < 4.78 is 5.58. The molecule has 2 aliphatic heterocycles. The number of carbonyl (C=O) groups excluding carboxylic acids is 1. The molecule has 6 heteroatoms. The summed E-state index contributed by atoms with van der Waals surface area (Å²) in [4.78, 5) is 18.8. The number of nitrogens with one attached hydrogen (secondary N) is 1. The Morgan fingerprint density at radius 1 is 1.20 bits per heavy atom. The summed E-state index contributed by atoms with van der Waals surface area (Å²) in [5, 5.41) is 14.2. The average Bonchev–Trinajstić information content (AvgIpc) is 2.75. The molecule has 4 rings (SSSR count). The molecule has 0 aliphatic carbocycles. The summed E-state index contributed by atoms with van der Waals surface area (Å²) in [6.45, 7) is 5.58. The van der Waals surface area contributed by atoms with E-state index >= 15 is 0 Å². The summed E-state index contributed by atoms with van der Waals surface area (Å²) in [6.07, 6.45) is 2.18. The molecule has 6 nitrogen and oxygen atoms in total. The maximum Gasteiger partial charge on any atom is 0.219 e. The summed E-state index contributed by atoms with van der Waals surface area (Å²) >= 11 is 0. The topological polar surface area (TPSA) is 74.2 Å². The Morgan fingerprint density at radius 2 is 1.90 bits per heavy atom. The van der Waals surface area contributed by atoms with Gasteiger partial charge < -0.3 is 14.7 Å². The number of ether oxygens (including phenoxy) is 1. The van der Waals surface area contributed by atoms with Crippen molar-refractivity contribution in [3.8, 4) is 11.5 Å². The standard InChI is InChI=1S/C24H29N3O3/c1-3-30-19-10-8-18(9-11-19)21-16-22(20-6-4-5-7-23(20)29)26-24(25-21)12-14-27(15-13-24)17(2)28/h4-11,22,26,29H,3,12-16H2,1-2H3/t22-/m0/s1. The number of nitrogens with zero attached hydrogens (tertiary/aromatic N) is 2. The minimum absolute atomic E-state index is 0.0471. The number of para-hydroxylation sites is 1. The van der Waals surface area contributed by atoms with Crippen LogP contribution in [0.4, 0.5) is 0 Å². The Kier molecular flexibility index (Phi) is 5.77. The highest BCUT2D eigenvalue weighted by Gasteiger charge is 2.41. The van der Waals surface area contributed by atoms with Crippen molar-refractivity contribution in [3.63, 3.8) is 0 Å². The number of carbonyl (C=O) groups is 1. The van der Waals surface area contributed by atoms with Crippen LogP contribution in [0.25, 0.3) is 0 Å². The van der Waals surface area contributed by atoms with E-state index in [2.05, 4.69) is 17.4 Å². The molecule has 30 heavy (non-hydrogen) atoms. The number of phenolic OH excluding ortho intramolecular Hbond substituents is 1. The van der Waals surface area contributed by atoms with Gasteiger partial charge in [-0.15, -0.1) is 0 Å². The van der Waals surface area contributed by atoms with Gasteiger partial charge in [0, 0.05) is 56.6 Å². The first-order valence-electron chi connectivity index (χ1n) is 10.6. The van der Waals surface area contributed by atoms with Crippen molar-refractivity contribution in [1.82, 2.24) is 10.2 Å². The van der Waals surface area contributed by atoms with Gasteiger partial charge in [-0.05, 0) is 42.8 Å². The van der Waals surface area contributed by atoms with Crippen LogP contribution in [-0.2, 0) is 4.79 Å². The number of rotatable bonds is 4. The van der Waals surface area contributed by atoms with E-state index in [1.54, 1.807) is 13.0 Å². The largest absolute Gasteiger partial charge is 0.508 e. The number of hydrogen-bond acceptors (Lipinski definition) is 5. The number of amides is 1. The Labute approximate surface area is 177 Å². The van der Waals surface area contributed by atoms with Gasteiger partial charge in [-0.2, -0.15) is 0 Å². The van der Waals surface area contributed by atoms with Crippen LogP contribution in [0, 0.1) is 0 Å². The van der Waals surface area contributed by atoms with E-state index in [1.807, 2.05) is 42.2 Å². The van der Waals surface area contributed by atoms with Crippen molar-refractivity contribution in [3.05, 3.63) is 59.7 Å². The normalized spacial score (nSPS) is 20.7. The zero-order chi connectivity index (χ0) is 21.1. The fourth-order valence-electron chi connectivity index (χ4n) is 4.42. The molecule has 0 unspecified atom stereocenters. The van der Waals surface area contributed by atoms with Gasteiger partial charge in [0.05, 0.1) is 6.61 Å². The molecule has 1 spiro atoms. The van der Waals surface area contributed by atoms with E-state index in [9.17, 15) is 9.90 Å². The summed E-state index contributed by atoms with van der Waals surface area (Å²) in [5.74, 6) is 1.24. The van der Waals surface area contributed by atoms with Crippen molar-refractivity contribution in [1.29, 1.82) is 0 Å². The molecule has 0 radical (unpaired) electrons. The third kappa shape index (κ3) is 4.19. The third-order valence-corrected chi connectivity index (χ3v) is 6.04. The van der Waals surface area contributed by atoms with E-state index < -0.39 is 5.66 Å². The first-order chi connectivity index (χ1) is 14.5. The van der Waals surface area contributed by atoms with Gasteiger partial charge in [-0.25, -0.2) is 0 Å². The molecular weight excluding hydrogens is 378 g/mol. The Morgan fingerprint density at radius 3 is 2.53 bits per heavy atom. The third-order valence-electron chi connectivity index (χ3n) is 6.04. The number of benzene rings is 2. The zero-order valence-corrected chi connectivity index (χ0v) is 17.6. The van der Waals surface area contributed by atoms with Gasteiger partial charge in [0.25, 0.3) is 0 Å². The maximum atomic E-state index is 11.8. The fraction of sp³-hybridized carbons (Fsp3) is 0.417. The summed E-state index contributed by atoms with van der Waals surface area (Å²) in [5.41, 5.74) is 2.52. The quantitative estimate of drug-likeness (QED) is 0.811. The van der Waals surface area contributed by atoms with Crippen molar-refractivity contribution >= 4 is 11.6 Å². The lowest BCUT2D eigenvalue weighted by Crippen LogP contribution is -2.56. The highest BCUT2D eigenvalue weighted by Crippen LogP contribution is 2.37. The van der Waals surface area contributed by atoms with Crippen LogP contribution in [0.5, 0.6) is 11.5 Å². The number of aliphatic imine (C=N–C) groups is 1. The monoisotopic (exact) mass is 407 g/mol. The first-order valence-corrected chi connectivity index (χ1v) is 10.6. The number of piperidine rings is 1. The van der Waals surface area contributed by atoms with E-state index in [-0.39, 0.29) is 11.9 Å². The molecule has 1 amide bonds. The number of aromatic hydroxyl groups is 1. The second-order valence-corrected chi connectivity index (χ2v) is 8.01. The van der Waals surface area contributed by atoms with Crippen molar-refractivity contribution in [2.45, 2.75) is 44.8 Å². The summed E-state index contributed by atoms with van der Waals surface area (Å²) in [6, 6.07) is 15.5. The lowest BCUT2D eigenvalue weighted by molar-refractivity contribution is -0.130. The molecule has 2 aromatic carbocycles. The molecule has 2 aromatic rings. The van der Waals surface area contributed by atoms with E-state index in [0.29, 0.717) is 31.9 Å². The average molecular weight is 408 g/mol. The molecule has 0 aromatic heterocycles. The van der Waals surface area contributed by atoms with Crippen LogP contribution in [-0.4, -0.2) is 47.0 Å². The Hall–Kier alpha value is -2.86. The van der Waals surface area contributed by atoms with Gasteiger partial charge in [0.2, 0.25) is 5.91 Å². The fourth-order valence-corrected chi connectivity index (χ4v) is 4.42. The lowest BCUT2D eigenvalue weighted by Gasteiger charge is -2.45. The van der Waals surface area contributed by atoms with E-state index in [0.717, 1.165) is 35.4 Å². The predicted molar refractivity (Wildman–Crippen MR) is 117 cm³/mol. The van der Waals surface area contributed by atoms with Gasteiger partial charge >= 0.3 is 0 Å². The molecular formula is C24H29N3O3. The number of phenols is 1. The van der Waals surface area contributed by atoms with Crippen LogP contribution in [0.15, 0.2) is 53.5 Å². The molecule has 2 heterocycles. The SMILES string of the molecule is CCOc1ccc(C2=NC3(CCN(C(C)=O)CC3)N[C@H](c3ccccc3O)C2)cc1. The van der Waals surface area contributed by atoms with Crippen LogP contribution in [0.3, 0.4) is 0 Å². The number of likely N-dealkylation sites (tertiary alicyclic amines) is 1. The van der Waals surface area contributed by atoms with Gasteiger partial charge in [0.15, 0.2) is 0 Å².